The Kier molecular flexibility index (Phi) is 5.00. The first-order chi connectivity index (χ1) is 7.94. The van der Waals surface area contributed by atoms with E-state index in [9.17, 15) is 4.79 Å². The van der Waals surface area contributed by atoms with Crippen LogP contribution in [0.1, 0.15) is 33.6 Å². The first kappa shape index (κ1) is 14.0. The normalized spacial score (nSPS) is 21.2. The summed E-state index contributed by atoms with van der Waals surface area (Å²) >= 11 is 0. The van der Waals surface area contributed by atoms with E-state index in [0.29, 0.717) is 6.61 Å². The highest BCUT2D eigenvalue weighted by atomic mass is 16.6. The fourth-order valence-electron chi connectivity index (χ4n) is 1.85. The summed E-state index contributed by atoms with van der Waals surface area (Å²) in [5.74, 6) is 0. The molecule has 1 amide bonds. The van der Waals surface area contributed by atoms with Gasteiger partial charge in [0, 0.05) is 13.7 Å². The minimum absolute atomic E-state index is 0.153. The zero-order valence-corrected chi connectivity index (χ0v) is 11.2. The van der Waals surface area contributed by atoms with Gasteiger partial charge in [-0.1, -0.05) is 12.2 Å². The molecule has 1 fully saturated rings. The molecule has 1 aliphatic heterocycles. The number of likely N-dealkylation sites (tertiary alicyclic amines) is 1. The molecule has 1 atom stereocenters. The van der Waals surface area contributed by atoms with E-state index in [-0.39, 0.29) is 12.1 Å². The Hall–Kier alpha value is -1.03. The van der Waals surface area contributed by atoms with Crippen LogP contribution in [-0.2, 0) is 9.47 Å². The molecule has 0 bridgehead atoms. The molecule has 4 heteroatoms. The van der Waals surface area contributed by atoms with Gasteiger partial charge in [0.25, 0.3) is 0 Å². The SMILES string of the molecule is COC/C=C/[C@@H]1CCCN1C(=O)OC(C)(C)C. The monoisotopic (exact) mass is 241 g/mol. The van der Waals surface area contributed by atoms with Crippen molar-refractivity contribution in [1.29, 1.82) is 0 Å². The lowest BCUT2D eigenvalue weighted by Gasteiger charge is -2.27. The smallest absolute Gasteiger partial charge is 0.410 e. The number of amides is 1. The molecule has 17 heavy (non-hydrogen) atoms. The predicted molar refractivity (Wildman–Crippen MR) is 67.0 cm³/mol. The molecule has 0 aromatic heterocycles. The van der Waals surface area contributed by atoms with Crippen molar-refractivity contribution in [2.75, 3.05) is 20.3 Å². The first-order valence-electron chi connectivity index (χ1n) is 6.09. The van der Waals surface area contributed by atoms with Gasteiger partial charge in [0.1, 0.15) is 5.60 Å². The number of carbonyl (C=O) groups is 1. The number of hydrogen-bond acceptors (Lipinski definition) is 3. The second-order valence-corrected chi connectivity index (χ2v) is 5.27. The second-order valence-electron chi connectivity index (χ2n) is 5.27. The van der Waals surface area contributed by atoms with Crippen LogP contribution in [0.25, 0.3) is 0 Å². The van der Waals surface area contributed by atoms with Gasteiger partial charge in [0.15, 0.2) is 0 Å². The summed E-state index contributed by atoms with van der Waals surface area (Å²) in [4.78, 5) is 13.7. The third kappa shape index (κ3) is 4.77. The van der Waals surface area contributed by atoms with Crippen molar-refractivity contribution in [1.82, 2.24) is 4.90 Å². The van der Waals surface area contributed by atoms with Gasteiger partial charge in [0.2, 0.25) is 0 Å². The topological polar surface area (TPSA) is 38.8 Å². The Labute approximate surface area is 104 Å². The average Bonchev–Trinajstić information content (AvgIpc) is 2.64. The quantitative estimate of drug-likeness (QED) is 0.713. The average molecular weight is 241 g/mol. The van der Waals surface area contributed by atoms with Crippen molar-refractivity contribution in [2.45, 2.75) is 45.3 Å². The van der Waals surface area contributed by atoms with E-state index in [2.05, 4.69) is 0 Å². The third-order valence-corrected chi connectivity index (χ3v) is 2.55. The highest BCUT2D eigenvalue weighted by Gasteiger charge is 2.30. The molecule has 98 valence electrons. The molecule has 0 saturated carbocycles. The summed E-state index contributed by atoms with van der Waals surface area (Å²) in [6.45, 7) is 7.01. The first-order valence-corrected chi connectivity index (χ1v) is 6.09. The number of methoxy groups -OCH3 is 1. The Balaban J connectivity index is 2.54. The zero-order chi connectivity index (χ0) is 12.9. The molecule has 1 saturated heterocycles. The Morgan fingerprint density at radius 2 is 2.18 bits per heavy atom. The number of hydrogen-bond donors (Lipinski definition) is 0. The molecule has 1 heterocycles. The summed E-state index contributed by atoms with van der Waals surface area (Å²) < 4.78 is 10.3. The van der Waals surface area contributed by atoms with Crippen LogP contribution in [0.3, 0.4) is 0 Å². The molecule has 0 radical (unpaired) electrons. The number of nitrogens with zero attached hydrogens (tertiary/aromatic N) is 1. The lowest BCUT2D eigenvalue weighted by atomic mass is 10.2. The molecule has 1 rings (SSSR count). The standard InChI is InChI=1S/C13H23NO3/c1-13(2,3)17-12(15)14-9-5-7-11(14)8-6-10-16-4/h6,8,11H,5,7,9-10H2,1-4H3/b8-6+/t11-/m0/s1. The molecule has 0 aromatic carbocycles. The van der Waals surface area contributed by atoms with Crippen molar-refractivity contribution in [3.8, 4) is 0 Å². The molecule has 0 aromatic rings. The van der Waals surface area contributed by atoms with Gasteiger partial charge in [0.05, 0.1) is 12.6 Å². The van der Waals surface area contributed by atoms with Crippen LogP contribution in [0.15, 0.2) is 12.2 Å². The third-order valence-electron chi connectivity index (χ3n) is 2.55. The fourth-order valence-corrected chi connectivity index (χ4v) is 1.85. The van der Waals surface area contributed by atoms with E-state index in [1.807, 2.05) is 32.9 Å². The molecule has 0 spiro atoms. The maximum absolute atomic E-state index is 11.9. The van der Waals surface area contributed by atoms with E-state index in [1.165, 1.54) is 0 Å². The number of rotatable bonds is 3. The van der Waals surface area contributed by atoms with Gasteiger partial charge < -0.3 is 14.4 Å². The number of ether oxygens (including phenoxy) is 2. The van der Waals surface area contributed by atoms with E-state index in [0.717, 1.165) is 19.4 Å². The van der Waals surface area contributed by atoms with E-state index >= 15 is 0 Å². The second kappa shape index (κ2) is 6.05. The van der Waals surface area contributed by atoms with Gasteiger partial charge in [-0.25, -0.2) is 4.79 Å². The summed E-state index contributed by atoms with van der Waals surface area (Å²) in [7, 11) is 1.66. The van der Waals surface area contributed by atoms with Crippen LogP contribution < -0.4 is 0 Å². The van der Waals surface area contributed by atoms with Crippen LogP contribution in [0, 0.1) is 0 Å². The molecule has 4 nitrogen and oxygen atoms in total. The minimum atomic E-state index is -0.430. The largest absolute Gasteiger partial charge is 0.444 e. The van der Waals surface area contributed by atoms with E-state index in [4.69, 9.17) is 9.47 Å². The van der Waals surface area contributed by atoms with Crippen LogP contribution in [-0.4, -0.2) is 42.9 Å². The maximum Gasteiger partial charge on any atom is 0.410 e. The van der Waals surface area contributed by atoms with Gasteiger partial charge in [-0.15, -0.1) is 0 Å². The highest BCUT2D eigenvalue weighted by molar-refractivity contribution is 5.69. The summed E-state index contributed by atoms with van der Waals surface area (Å²) in [6, 6.07) is 0.153. The molecular weight excluding hydrogens is 218 g/mol. The maximum atomic E-state index is 11.9. The van der Waals surface area contributed by atoms with Crippen LogP contribution in [0.4, 0.5) is 4.79 Å². The van der Waals surface area contributed by atoms with E-state index in [1.54, 1.807) is 12.0 Å². The molecule has 0 aliphatic carbocycles. The fraction of sp³-hybridized carbons (Fsp3) is 0.769. The predicted octanol–water partition coefficient (Wildman–Crippen LogP) is 2.59. The molecule has 0 unspecified atom stereocenters. The molecule has 1 aliphatic rings. The van der Waals surface area contributed by atoms with Crippen LogP contribution >= 0.6 is 0 Å². The lowest BCUT2D eigenvalue weighted by Crippen LogP contribution is -2.39. The van der Waals surface area contributed by atoms with Crippen LogP contribution in [0.2, 0.25) is 0 Å². The summed E-state index contributed by atoms with van der Waals surface area (Å²) in [5.41, 5.74) is -0.430. The van der Waals surface area contributed by atoms with Crippen molar-refractivity contribution >= 4 is 6.09 Å². The highest BCUT2D eigenvalue weighted by Crippen LogP contribution is 2.21. The molecule has 0 N–H and O–H groups in total. The number of carbonyl (C=O) groups excluding carboxylic acids is 1. The summed E-state index contributed by atoms with van der Waals surface area (Å²) in [5, 5.41) is 0. The summed E-state index contributed by atoms with van der Waals surface area (Å²) in [6.07, 6.45) is 5.79. The van der Waals surface area contributed by atoms with Gasteiger partial charge in [-0.3, -0.25) is 0 Å². The lowest BCUT2D eigenvalue weighted by molar-refractivity contribution is 0.0255. The van der Waals surface area contributed by atoms with Gasteiger partial charge >= 0.3 is 6.09 Å². The minimum Gasteiger partial charge on any atom is -0.444 e. The molecular formula is C13H23NO3. The van der Waals surface area contributed by atoms with Crippen molar-refractivity contribution < 1.29 is 14.3 Å². The Morgan fingerprint density at radius 1 is 1.47 bits per heavy atom. The van der Waals surface area contributed by atoms with Crippen molar-refractivity contribution in [3.05, 3.63) is 12.2 Å². The van der Waals surface area contributed by atoms with Crippen molar-refractivity contribution in [3.63, 3.8) is 0 Å². The van der Waals surface area contributed by atoms with Crippen molar-refractivity contribution in [2.24, 2.45) is 0 Å². The zero-order valence-electron chi connectivity index (χ0n) is 11.2. The van der Waals surface area contributed by atoms with Gasteiger partial charge in [-0.05, 0) is 33.6 Å². The van der Waals surface area contributed by atoms with Crippen LogP contribution in [0.5, 0.6) is 0 Å². The Bertz CT molecular complexity index is 281. The Morgan fingerprint density at radius 3 is 2.76 bits per heavy atom. The van der Waals surface area contributed by atoms with E-state index < -0.39 is 5.60 Å². The van der Waals surface area contributed by atoms with Gasteiger partial charge in [-0.2, -0.15) is 0 Å².